The van der Waals surface area contributed by atoms with Crippen LogP contribution < -0.4 is 14.8 Å². The van der Waals surface area contributed by atoms with E-state index in [4.69, 9.17) is 9.47 Å². The van der Waals surface area contributed by atoms with Crippen LogP contribution in [0.4, 0.5) is 0 Å². The van der Waals surface area contributed by atoms with E-state index in [1.54, 1.807) is 7.11 Å². The Morgan fingerprint density at radius 3 is 2.28 bits per heavy atom. The molecule has 0 heterocycles. The summed E-state index contributed by atoms with van der Waals surface area (Å²) in [5, 5.41) is 3.44. The highest BCUT2D eigenvalue weighted by atomic mass is 16.5. The molecule has 18 heavy (non-hydrogen) atoms. The Morgan fingerprint density at radius 2 is 1.72 bits per heavy atom. The SMILES string of the molecule is CCNC(C)C(C)CCOc1ccc(OC)cc1. The maximum atomic E-state index is 5.72. The van der Waals surface area contributed by atoms with Gasteiger partial charge in [0.05, 0.1) is 13.7 Å². The molecule has 3 nitrogen and oxygen atoms in total. The molecular formula is C15H25NO2. The molecule has 0 spiro atoms. The Bertz CT molecular complexity index is 324. The molecule has 0 fully saturated rings. The molecule has 0 bridgehead atoms. The first-order valence-corrected chi connectivity index (χ1v) is 6.67. The van der Waals surface area contributed by atoms with Crippen molar-refractivity contribution in [2.75, 3.05) is 20.3 Å². The summed E-state index contributed by atoms with van der Waals surface area (Å²) in [5.41, 5.74) is 0. The van der Waals surface area contributed by atoms with Gasteiger partial charge in [-0.15, -0.1) is 0 Å². The zero-order valence-electron chi connectivity index (χ0n) is 11.9. The Balaban J connectivity index is 2.28. The van der Waals surface area contributed by atoms with E-state index < -0.39 is 0 Å². The van der Waals surface area contributed by atoms with Crippen molar-refractivity contribution in [3.8, 4) is 11.5 Å². The van der Waals surface area contributed by atoms with Crippen molar-refractivity contribution in [2.24, 2.45) is 5.92 Å². The van der Waals surface area contributed by atoms with Crippen molar-refractivity contribution in [1.29, 1.82) is 0 Å². The van der Waals surface area contributed by atoms with Gasteiger partial charge in [-0.1, -0.05) is 13.8 Å². The van der Waals surface area contributed by atoms with Crippen LogP contribution in [0.15, 0.2) is 24.3 Å². The first-order chi connectivity index (χ1) is 8.67. The van der Waals surface area contributed by atoms with Gasteiger partial charge in [0.1, 0.15) is 11.5 Å². The predicted molar refractivity (Wildman–Crippen MR) is 75.4 cm³/mol. The van der Waals surface area contributed by atoms with Crippen molar-refractivity contribution in [2.45, 2.75) is 33.2 Å². The van der Waals surface area contributed by atoms with E-state index in [2.05, 4.69) is 26.1 Å². The molecule has 1 rings (SSSR count). The molecule has 1 N–H and O–H groups in total. The minimum absolute atomic E-state index is 0.537. The van der Waals surface area contributed by atoms with Gasteiger partial charge in [-0.25, -0.2) is 0 Å². The fraction of sp³-hybridized carbons (Fsp3) is 0.600. The Kier molecular flexibility index (Phi) is 6.58. The van der Waals surface area contributed by atoms with Crippen molar-refractivity contribution in [1.82, 2.24) is 5.32 Å². The molecule has 0 aliphatic heterocycles. The molecule has 0 aromatic heterocycles. The number of benzene rings is 1. The van der Waals surface area contributed by atoms with Gasteiger partial charge in [-0.05, 0) is 50.1 Å². The third-order valence-corrected chi connectivity index (χ3v) is 3.28. The molecule has 0 radical (unpaired) electrons. The topological polar surface area (TPSA) is 30.5 Å². The van der Waals surface area contributed by atoms with Gasteiger partial charge in [0.15, 0.2) is 0 Å². The Labute approximate surface area is 110 Å². The normalized spacial score (nSPS) is 14.0. The molecule has 3 heteroatoms. The van der Waals surface area contributed by atoms with Gasteiger partial charge >= 0.3 is 0 Å². The van der Waals surface area contributed by atoms with Crippen LogP contribution in [0, 0.1) is 5.92 Å². The fourth-order valence-corrected chi connectivity index (χ4v) is 1.81. The van der Waals surface area contributed by atoms with E-state index in [-0.39, 0.29) is 0 Å². The fourth-order valence-electron chi connectivity index (χ4n) is 1.81. The zero-order chi connectivity index (χ0) is 13.4. The maximum Gasteiger partial charge on any atom is 0.119 e. The number of ether oxygens (including phenoxy) is 2. The van der Waals surface area contributed by atoms with Crippen LogP contribution in [0.1, 0.15) is 27.2 Å². The summed E-state index contributed by atoms with van der Waals surface area (Å²) in [4.78, 5) is 0. The third-order valence-electron chi connectivity index (χ3n) is 3.28. The van der Waals surface area contributed by atoms with Crippen LogP contribution in [-0.2, 0) is 0 Å². The van der Waals surface area contributed by atoms with E-state index in [1.807, 2.05) is 24.3 Å². The highest BCUT2D eigenvalue weighted by Gasteiger charge is 2.10. The second kappa shape index (κ2) is 7.98. The zero-order valence-corrected chi connectivity index (χ0v) is 11.9. The second-order valence-electron chi connectivity index (χ2n) is 4.64. The molecule has 0 saturated heterocycles. The van der Waals surface area contributed by atoms with Gasteiger partial charge in [-0.2, -0.15) is 0 Å². The molecule has 0 amide bonds. The molecule has 1 aromatic rings. The summed E-state index contributed by atoms with van der Waals surface area (Å²) in [6.45, 7) is 8.39. The average molecular weight is 251 g/mol. The van der Waals surface area contributed by atoms with Crippen molar-refractivity contribution >= 4 is 0 Å². The third kappa shape index (κ3) is 4.96. The number of rotatable bonds is 8. The quantitative estimate of drug-likeness (QED) is 0.770. The lowest BCUT2D eigenvalue weighted by Gasteiger charge is -2.20. The van der Waals surface area contributed by atoms with Crippen molar-refractivity contribution < 1.29 is 9.47 Å². The van der Waals surface area contributed by atoms with E-state index in [0.29, 0.717) is 12.0 Å². The summed E-state index contributed by atoms with van der Waals surface area (Å²) in [6.07, 6.45) is 1.06. The second-order valence-corrected chi connectivity index (χ2v) is 4.64. The smallest absolute Gasteiger partial charge is 0.119 e. The van der Waals surface area contributed by atoms with Crippen LogP contribution >= 0.6 is 0 Å². The molecular weight excluding hydrogens is 226 g/mol. The van der Waals surface area contributed by atoms with Gasteiger partial charge in [-0.3, -0.25) is 0 Å². The van der Waals surface area contributed by atoms with E-state index >= 15 is 0 Å². The lowest BCUT2D eigenvalue weighted by Crippen LogP contribution is -2.32. The Morgan fingerprint density at radius 1 is 1.11 bits per heavy atom. The van der Waals surface area contributed by atoms with Crippen molar-refractivity contribution in [3.63, 3.8) is 0 Å². The molecule has 0 aliphatic rings. The van der Waals surface area contributed by atoms with Crippen LogP contribution in [0.5, 0.6) is 11.5 Å². The first-order valence-electron chi connectivity index (χ1n) is 6.67. The lowest BCUT2D eigenvalue weighted by molar-refractivity contribution is 0.262. The summed E-state index contributed by atoms with van der Waals surface area (Å²) >= 11 is 0. The number of hydrogen-bond acceptors (Lipinski definition) is 3. The highest BCUT2D eigenvalue weighted by Crippen LogP contribution is 2.18. The van der Waals surface area contributed by atoms with Gasteiger partial charge < -0.3 is 14.8 Å². The number of nitrogens with one attached hydrogen (secondary N) is 1. The number of hydrogen-bond donors (Lipinski definition) is 1. The minimum atomic E-state index is 0.537. The van der Waals surface area contributed by atoms with E-state index in [0.717, 1.165) is 31.1 Å². The first kappa shape index (κ1) is 14.8. The van der Waals surface area contributed by atoms with Gasteiger partial charge in [0.2, 0.25) is 0 Å². The molecule has 0 saturated carbocycles. The molecule has 2 unspecified atom stereocenters. The standard InChI is InChI=1S/C15H25NO2/c1-5-16-13(3)12(2)10-11-18-15-8-6-14(17-4)7-9-15/h6-9,12-13,16H,5,10-11H2,1-4H3. The van der Waals surface area contributed by atoms with Crippen molar-refractivity contribution in [3.05, 3.63) is 24.3 Å². The Hall–Kier alpha value is -1.22. The summed E-state index contributed by atoms with van der Waals surface area (Å²) < 4.78 is 10.8. The maximum absolute atomic E-state index is 5.72. The summed E-state index contributed by atoms with van der Waals surface area (Å²) in [5.74, 6) is 2.37. The van der Waals surface area contributed by atoms with Crippen LogP contribution in [0.2, 0.25) is 0 Å². The number of methoxy groups -OCH3 is 1. The average Bonchev–Trinajstić information content (AvgIpc) is 2.39. The molecule has 1 aromatic carbocycles. The molecule has 2 atom stereocenters. The van der Waals surface area contributed by atoms with E-state index in [9.17, 15) is 0 Å². The van der Waals surface area contributed by atoms with Crippen LogP contribution in [0.3, 0.4) is 0 Å². The molecule has 102 valence electrons. The van der Waals surface area contributed by atoms with Crippen LogP contribution in [-0.4, -0.2) is 26.3 Å². The van der Waals surface area contributed by atoms with Crippen LogP contribution in [0.25, 0.3) is 0 Å². The summed E-state index contributed by atoms with van der Waals surface area (Å²) in [7, 11) is 1.67. The largest absolute Gasteiger partial charge is 0.497 e. The van der Waals surface area contributed by atoms with E-state index in [1.165, 1.54) is 0 Å². The molecule has 0 aliphatic carbocycles. The summed E-state index contributed by atoms with van der Waals surface area (Å²) in [6, 6.07) is 8.25. The predicted octanol–water partition coefficient (Wildman–Crippen LogP) is 3.10. The monoisotopic (exact) mass is 251 g/mol. The minimum Gasteiger partial charge on any atom is -0.497 e. The van der Waals surface area contributed by atoms with Gasteiger partial charge in [0.25, 0.3) is 0 Å². The highest BCUT2D eigenvalue weighted by molar-refractivity contribution is 5.31. The lowest BCUT2D eigenvalue weighted by atomic mass is 10.0. The van der Waals surface area contributed by atoms with Gasteiger partial charge in [0, 0.05) is 6.04 Å².